The second kappa shape index (κ2) is 12.9. The minimum absolute atomic E-state index is 0.0730. The molecule has 37 heavy (non-hydrogen) atoms. The Kier molecular flexibility index (Phi) is 9.92. The molecular formula is C26H30ClN3O6S. The summed E-state index contributed by atoms with van der Waals surface area (Å²) in [4.78, 5) is 25.0. The fraction of sp³-hybridized carbons (Fsp3) is 0.423. The number of carboxylic acid groups (broad SMARTS) is 1. The number of benzene rings is 2. The summed E-state index contributed by atoms with van der Waals surface area (Å²) in [5, 5.41) is 19.2. The van der Waals surface area contributed by atoms with E-state index < -0.39 is 27.2 Å². The topological polar surface area (TPSA) is 137 Å². The van der Waals surface area contributed by atoms with Crippen molar-refractivity contribution >= 4 is 33.4 Å². The van der Waals surface area contributed by atoms with Crippen LogP contribution in [0.15, 0.2) is 53.4 Å². The molecule has 0 unspecified atom stereocenters. The normalized spacial score (nSPS) is 20.2. The van der Waals surface area contributed by atoms with E-state index in [1.165, 1.54) is 0 Å². The molecule has 2 aliphatic rings. The van der Waals surface area contributed by atoms with Crippen molar-refractivity contribution in [2.24, 2.45) is 5.92 Å². The highest BCUT2D eigenvalue weighted by molar-refractivity contribution is 7.92. The van der Waals surface area contributed by atoms with E-state index in [-0.39, 0.29) is 11.8 Å². The van der Waals surface area contributed by atoms with Gasteiger partial charge in [0.05, 0.1) is 29.4 Å². The lowest BCUT2D eigenvalue weighted by Gasteiger charge is -2.29. The van der Waals surface area contributed by atoms with Crippen molar-refractivity contribution in [2.45, 2.75) is 42.4 Å². The van der Waals surface area contributed by atoms with E-state index in [1.807, 2.05) is 6.07 Å². The second-order valence-electron chi connectivity index (χ2n) is 8.95. The first-order valence-corrected chi connectivity index (χ1v) is 13.9. The van der Waals surface area contributed by atoms with E-state index >= 15 is 0 Å². The molecule has 198 valence electrons. The predicted molar refractivity (Wildman–Crippen MR) is 138 cm³/mol. The van der Waals surface area contributed by atoms with Gasteiger partial charge in [0, 0.05) is 24.0 Å². The van der Waals surface area contributed by atoms with Crippen molar-refractivity contribution in [1.82, 2.24) is 10.2 Å². The number of halogens is 1. The van der Waals surface area contributed by atoms with Crippen LogP contribution in [0.25, 0.3) is 0 Å². The minimum Gasteiger partial charge on any atom is -0.465 e. The Labute approximate surface area is 221 Å². The number of nitriles is 1. The Balaban J connectivity index is 0.000000248. The fourth-order valence-corrected chi connectivity index (χ4v) is 6.84. The van der Waals surface area contributed by atoms with Crippen LogP contribution >= 0.6 is 11.6 Å². The summed E-state index contributed by atoms with van der Waals surface area (Å²) in [5.41, 5.74) is 1.30. The highest BCUT2D eigenvalue weighted by Gasteiger charge is 2.40. The largest absolute Gasteiger partial charge is 0.465 e. The number of nitrogens with zero attached hydrogens (tertiary/aromatic N) is 2. The van der Waals surface area contributed by atoms with Gasteiger partial charge in [-0.1, -0.05) is 41.9 Å². The Hall–Kier alpha value is -3.13. The third kappa shape index (κ3) is 7.44. The van der Waals surface area contributed by atoms with E-state index in [0.717, 1.165) is 0 Å². The molecule has 0 spiro atoms. The molecule has 2 amide bonds. The van der Waals surface area contributed by atoms with Crippen LogP contribution in [0.2, 0.25) is 5.02 Å². The molecule has 4 rings (SSSR count). The molecule has 1 aliphatic heterocycles. The number of sulfone groups is 1. The zero-order valence-corrected chi connectivity index (χ0v) is 22.0. The molecule has 2 N–H and O–H groups in total. The molecule has 2 aromatic carbocycles. The maximum absolute atomic E-state index is 12.9. The van der Waals surface area contributed by atoms with Crippen LogP contribution in [0.1, 0.15) is 36.4 Å². The second-order valence-corrected chi connectivity index (χ2v) is 11.6. The number of morpholine rings is 1. The molecule has 0 bridgehead atoms. The van der Waals surface area contributed by atoms with Gasteiger partial charge in [-0.15, -0.1) is 0 Å². The molecule has 3 atom stereocenters. The summed E-state index contributed by atoms with van der Waals surface area (Å²) in [7, 11) is -3.44. The van der Waals surface area contributed by atoms with E-state index in [0.29, 0.717) is 66.6 Å². The van der Waals surface area contributed by atoms with Crippen LogP contribution < -0.4 is 5.32 Å². The predicted octanol–water partition coefficient (Wildman–Crippen LogP) is 3.97. The first-order valence-electron chi connectivity index (χ1n) is 11.9. The lowest BCUT2D eigenvalue weighted by Crippen LogP contribution is -2.43. The van der Waals surface area contributed by atoms with Gasteiger partial charge in [-0.05, 0) is 55.5 Å². The molecule has 11 heteroatoms. The highest BCUT2D eigenvalue weighted by Crippen LogP contribution is 2.36. The van der Waals surface area contributed by atoms with Gasteiger partial charge in [-0.25, -0.2) is 13.2 Å². The van der Waals surface area contributed by atoms with Crippen LogP contribution in [0.4, 0.5) is 4.79 Å². The molecule has 9 nitrogen and oxygen atoms in total. The summed E-state index contributed by atoms with van der Waals surface area (Å²) in [6.45, 7) is 4.07. The monoisotopic (exact) mass is 547 g/mol. The smallest absolute Gasteiger partial charge is 0.405 e. The van der Waals surface area contributed by atoms with Crippen molar-refractivity contribution in [3.63, 3.8) is 0 Å². The van der Waals surface area contributed by atoms with Gasteiger partial charge in [0.1, 0.15) is 6.04 Å². The van der Waals surface area contributed by atoms with E-state index in [9.17, 15) is 18.0 Å². The number of aryl methyl sites for hydroxylation is 1. The number of carbonyl (C=O) groups is 2. The summed E-state index contributed by atoms with van der Waals surface area (Å²) in [5.74, 6) is -0.126. The Bertz CT molecular complexity index is 1240. The number of hydrogen-bond donors (Lipinski definition) is 2. The van der Waals surface area contributed by atoms with E-state index in [1.54, 1.807) is 60.4 Å². The Morgan fingerprint density at radius 2 is 1.84 bits per heavy atom. The van der Waals surface area contributed by atoms with E-state index in [2.05, 4.69) is 5.32 Å². The van der Waals surface area contributed by atoms with Gasteiger partial charge in [-0.3, -0.25) is 4.79 Å². The number of hydrogen-bond acceptors (Lipinski definition) is 6. The van der Waals surface area contributed by atoms with Crippen molar-refractivity contribution in [3.8, 4) is 6.07 Å². The SMILES string of the molecule is Cc1cc(Cl)ccc1S(=O)(=O)[C@@H]1CC[C@@H](C(=O)N2CCOCC2)C1.N#C[C@H](NC(=O)O)c1ccccc1. The zero-order valence-electron chi connectivity index (χ0n) is 20.5. The lowest BCUT2D eigenvalue weighted by molar-refractivity contribution is -0.139. The summed E-state index contributed by atoms with van der Waals surface area (Å²) in [6.07, 6.45) is 0.369. The fourth-order valence-electron chi connectivity index (χ4n) is 4.56. The molecule has 0 aromatic heterocycles. The van der Waals surface area contributed by atoms with Crippen LogP contribution in [0.3, 0.4) is 0 Å². The minimum atomic E-state index is -3.44. The van der Waals surface area contributed by atoms with Crippen molar-refractivity contribution in [1.29, 1.82) is 5.26 Å². The maximum Gasteiger partial charge on any atom is 0.405 e. The summed E-state index contributed by atoms with van der Waals surface area (Å²) >= 11 is 5.92. The molecule has 1 aliphatic carbocycles. The van der Waals surface area contributed by atoms with Crippen molar-refractivity contribution < 1.29 is 27.9 Å². The van der Waals surface area contributed by atoms with Gasteiger partial charge in [0.2, 0.25) is 5.91 Å². The van der Waals surface area contributed by atoms with Crippen LogP contribution in [-0.4, -0.2) is 62.0 Å². The highest BCUT2D eigenvalue weighted by atomic mass is 35.5. The average molecular weight is 548 g/mol. The molecule has 1 saturated heterocycles. The Morgan fingerprint density at radius 1 is 1.16 bits per heavy atom. The number of amides is 2. The average Bonchev–Trinajstić information content (AvgIpc) is 3.39. The van der Waals surface area contributed by atoms with E-state index in [4.69, 9.17) is 26.7 Å². The first-order chi connectivity index (χ1) is 17.6. The molecule has 1 heterocycles. The molecule has 2 fully saturated rings. The van der Waals surface area contributed by atoms with Gasteiger partial charge in [0.25, 0.3) is 0 Å². The van der Waals surface area contributed by atoms with Crippen LogP contribution in [0, 0.1) is 24.2 Å². The van der Waals surface area contributed by atoms with Gasteiger partial charge < -0.3 is 20.1 Å². The maximum atomic E-state index is 12.9. The molecular weight excluding hydrogens is 518 g/mol. The van der Waals surface area contributed by atoms with Gasteiger partial charge in [-0.2, -0.15) is 5.26 Å². The molecule has 0 radical (unpaired) electrons. The third-order valence-electron chi connectivity index (χ3n) is 6.47. The standard InChI is InChI=1S/C17H22ClNO4S.C9H8N2O2/c1-12-10-14(18)3-5-16(12)24(21,22)15-4-2-13(11-15)17(20)19-6-8-23-9-7-19;10-6-8(11-9(12)13)7-4-2-1-3-5-7/h3,5,10,13,15H,2,4,6-9,11H2,1H3;1-5,8,11H,(H,12,13)/t13-,15-;8-/m10/s1. The summed E-state index contributed by atoms with van der Waals surface area (Å²) < 4.78 is 31.1. The van der Waals surface area contributed by atoms with Crippen LogP contribution in [0.5, 0.6) is 0 Å². The zero-order chi connectivity index (χ0) is 27.0. The van der Waals surface area contributed by atoms with Crippen molar-refractivity contribution in [3.05, 3.63) is 64.7 Å². The van der Waals surface area contributed by atoms with Gasteiger partial charge in [0.15, 0.2) is 9.84 Å². The third-order valence-corrected chi connectivity index (χ3v) is 9.08. The molecule has 2 aromatic rings. The number of ether oxygens (including phenoxy) is 1. The number of rotatable bonds is 5. The summed E-state index contributed by atoms with van der Waals surface area (Å²) in [6, 6.07) is 14.6. The number of nitrogens with one attached hydrogen (secondary N) is 1. The van der Waals surface area contributed by atoms with Gasteiger partial charge >= 0.3 is 6.09 Å². The lowest BCUT2D eigenvalue weighted by atomic mass is 10.1. The quantitative estimate of drug-likeness (QED) is 0.577. The molecule has 1 saturated carbocycles. The van der Waals surface area contributed by atoms with Crippen LogP contribution in [-0.2, 0) is 19.4 Å². The first kappa shape index (κ1) is 28.4. The number of carbonyl (C=O) groups excluding carboxylic acids is 1. The Morgan fingerprint density at radius 3 is 2.43 bits per heavy atom. The van der Waals surface area contributed by atoms with Crippen molar-refractivity contribution in [2.75, 3.05) is 26.3 Å².